The summed E-state index contributed by atoms with van der Waals surface area (Å²) in [6.07, 6.45) is 1.37. The quantitative estimate of drug-likeness (QED) is 0.827. The zero-order valence-electron chi connectivity index (χ0n) is 15.7. The highest BCUT2D eigenvalue weighted by atomic mass is 16.5. The number of Topliss-reactive ketones (excluding diaryl/α,β-unsaturated/α-hetero) is 1. The van der Waals surface area contributed by atoms with Gasteiger partial charge in [-0.1, -0.05) is 51.9 Å². The highest BCUT2D eigenvalue weighted by Gasteiger charge is 2.34. The molecule has 0 fully saturated rings. The van der Waals surface area contributed by atoms with Crippen molar-refractivity contribution in [3.63, 3.8) is 0 Å². The molecule has 1 amide bonds. The van der Waals surface area contributed by atoms with E-state index in [1.54, 1.807) is 24.3 Å². The van der Waals surface area contributed by atoms with Crippen molar-refractivity contribution >= 4 is 11.7 Å². The Kier molecular flexibility index (Phi) is 5.61. The lowest BCUT2D eigenvalue weighted by atomic mass is 9.82. The van der Waals surface area contributed by atoms with Crippen LogP contribution in [0.4, 0.5) is 0 Å². The molecule has 0 saturated heterocycles. The summed E-state index contributed by atoms with van der Waals surface area (Å²) in [4.78, 5) is 25.7. The van der Waals surface area contributed by atoms with Crippen LogP contribution in [0.3, 0.4) is 0 Å². The number of hydrogen-bond acceptors (Lipinski definition) is 5. The molecule has 6 heteroatoms. The molecule has 1 unspecified atom stereocenters. The number of rotatable bonds is 5. The van der Waals surface area contributed by atoms with Crippen molar-refractivity contribution in [3.05, 3.63) is 52.9 Å². The molecule has 0 spiro atoms. The summed E-state index contributed by atoms with van der Waals surface area (Å²) >= 11 is 0. The van der Waals surface area contributed by atoms with Crippen molar-refractivity contribution in [1.82, 2.24) is 10.5 Å². The molecule has 0 aliphatic heterocycles. The normalized spacial score (nSPS) is 12.5. The fraction of sp³-hybridized carbons (Fsp3) is 0.400. The number of nitriles is 1. The van der Waals surface area contributed by atoms with Gasteiger partial charge >= 0.3 is 0 Å². The average Bonchev–Trinajstić information content (AvgIpc) is 3.08. The van der Waals surface area contributed by atoms with E-state index in [0.717, 1.165) is 0 Å². The Hall–Kier alpha value is -2.94. The zero-order chi connectivity index (χ0) is 19.5. The maximum absolute atomic E-state index is 13.0. The fourth-order valence-electron chi connectivity index (χ4n) is 2.60. The number of hydrogen-bond donors (Lipinski definition) is 1. The number of ketones is 1. The summed E-state index contributed by atoms with van der Waals surface area (Å²) in [5.74, 6) is -0.115. The second kappa shape index (κ2) is 7.52. The van der Waals surface area contributed by atoms with Crippen molar-refractivity contribution in [1.29, 1.82) is 5.26 Å². The number of benzene rings is 1. The van der Waals surface area contributed by atoms with E-state index >= 15 is 0 Å². The highest BCUT2D eigenvalue weighted by Crippen LogP contribution is 2.25. The van der Waals surface area contributed by atoms with E-state index in [2.05, 4.69) is 10.5 Å². The number of nitrogens with one attached hydrogen (secondary N) is 1. The van der Waals surface area contributed by atoms with E-state index in [-0.39, 0.29) is 11.7 Å². The first-order valence-electron chi connectivity index (χ1n) is 8.45. The number of carbonyl (C=O) groups is 2. The number of amides is 1. The van der Waals surface area contributed by atoms with Crippen molar-refractivity contribution in [2.45, 2.75) is 46.6 Å². The summed E-state index contributed by atoms with van der Waals surface area (Å²) in [5.41, 5.74) is 0.750. The summed E-state index contributed by atoms with van der Waals surface area (Å²) in [5, 5.41) is 15.4. The topological polar surface area (TPSA) is 96.0 Å². The fourth-order valence-corrected chi connectivity index (χ4v) is 2.60. The molecule has 1 aromatic carbocycles. The molecule has 26 heavy (non-hydrogen) atoms. The predicted octanol–water partition coefficient (Wildman–Crippen LogP) is 3.70. The van der Waals surface area contributed by atoms with Crippen LogP contribution in [0.25, 0.3) is 0 Å². The van der Waals surface area contributed by atoms with Gasteiger partial charge in [-0.05, 0) is 17.5 Å². The molecule has 136 valence electrons. The molecule has 1 heterocycles. The number of carbonyl (C=O) groups excluding carboxylic acids is 2. The zero-order valence-corrected chi connectivity index (χ0v) is 15.7. The Morgan fingerprint density at radius 1 is 1.19 bits per heavy atom. The lowest BCUT2D eigenvalue weighted by Gasteiger charge is -2.30. The standard InChI is InChI=1S/C20H23N3O3/c1-12(2)17-15(11-22-26-17)19(25)23-18(20(3,4)5)16(24)14-8-6-13(10-21)7-9-14/h6-9,11-12,18H,1-5H3,(H,23,25). The maximum Gasteiger partial charge on any atom is 0.257 e. The molecule has 1 atom stereocenters. The summed E-state index contributed by atoms with van der Waals surface area (Å²) in [6, 6.07) is 7.67. The average molecular weight is 353 g/mol. The molecule has 0 bridgehead atoms. The van der Waals surface area contributed by atoms with E-state index in [1.165, 1.54) is 6.20 Å². The third kappa shape index (κ3) is 4.17. The molecule has 0 saturated carbocycles. The molecule has 0 radical (unpaired) electrons. The van der Waals surface area contributed by atoms with Crippen LogP contribution in [-0.2, 0) is 0 Å². The molecular formula is C20H23N3O3. The minimum Gasteiger partial charge on any atom is -0.360 e. The molecule has 2 rings (SSSR count). The Morgan fingerprint density at radius 3 is 2.31 bits per heavy atom. The van der Waals surface area contributed by atoms with Crippen LogP contribution in [0, 0.1) is 16.7 Å². The smallest absolute Gasteiger partial charge is 0.257 e. The lowest BCUT2D eigenvalue weighted by molar-refractivity contribution is 0.0780. The van der Waals surface area contributed by atoms with Gasteiger partial charge in [0, 0.05) is 11.5 Å². The largest absolute Gasteiger partial charge is 0.360 e. The predicted molar refractivity (Wildman–Crippen MR) is 96.8 cm³/mol. The van der Waals surface area contributed by atoms with Gasteiger partial charge in [0.2, 0.25) is 0 Å². The highest BCUT2D eigenvalue weighted by molar-refractivity contribution is 6.05. The van der Waals surface area contributed by atoms with Gasteiger partial charge in [-0.2, -0.15) is 5.26 Å². The Labute approximate surface area is 153 Å². The minimum atomic E-state index is -0.738. The van der Waals surface area contributed by atoms with Gasteiger partial charge in [-0.25, -0.2) is 0 Å². The van der Waals surface area contributed by atoms with Crippen molar-refractivity contribution < 1.29 is 14.1 Å². The van der Waals surface area contributed by atoms with Gasteiger partial charge < -0.3 is 9.84 Å². The van der Waals surface area contributed by atoms with Crippen LogP contribution in [0.1, 0.15) is 72.6 Å². The van der Waals surface area contributed by atoms with Crippen LogP contribution in [0.5, 0.6) is 0 Å². The molecular weight excluding hydrogens is 330 g/mol. The van der Waals surface area contributed by atoms with Crippen molar-refractivity contribution in [2.24, 2.45) is 5.41 Å². The molecule has 0 aliphatic rings. The van der Waals surface area contributed by atoms with Gasteiger partial charge in [-0.15, -0.1) is 0 Å². The van der Waals surface area contributed by atoms with Gasteiger partial charge in [-0.3, -0.25) is 9.59 Å². The number of aromatic nitrogens is 1. The first-order chi connectivity index (χ1) is 12.1. The van der Waals surface area contributed by atoms with Crippen LogP contribution < -0.4 is 5.32 Å². The van der Waals surface area contributed by atoms with Crippen LogP contribution in [-0.4, -0.2) is 22.9 Å². The van der Waals surface area contributed by atoms with Gasteiger partial charge in [0.05, 0.1) is 23.9 Å². The van der Waals surface area contributed by atoms with Gasteiger partial charge in [0.15, 0.2) is 11.5 Å². The van der Waals surface area contributed by atoms with Crippen LogP contribution >= 0.6 is 0 Å². The first kappa shape index (κ1) is 19.4. The van der Waals surface area contributed by atoms with E-state index in [4.69, 9.17) is 9.78 Å². The second-order valence-corrected chi connectivity index (χ2v) is 7.58. The minimum absolute atomic E-state index is 0.000523. The summed E-state index contributed by atoms with van der Waals surface area (Å²) < 4.78 is 5.16. The summed E-state index contributed by atoms with van der Waals surface area (Å²) in [7, 11) is 0. The van der Waals surface area contributed by atoms with E-state index in [0.29, 0.717) is 22.5 Å². The first-order valence-corrected chi connectivity index (χ1v) is 8.45. The Bertz CT molecular complexity index is 836. The van der Waals surface area contributed by atoms with E-state index in [1.807, 2.05) is 40.7 Å². The Morgan fingerprint density at radius 2 is 1.81 bits per heavy atom. The lowest BCUT2D eigenvalue weighted by Crippen LogP contribution is -2.49. The third-order valence-corrected chi connectivity index (χ3v) is 4.07. The van der Waals surface area contributed by atoms with Crippen LogP contribution in [0.15, 0.2) is 35.0 Å². The van der Waals surface area contributed by atoms with Crippen LogP contribution in [0.2, 0.25) is 0 Å². The van der Waals surface area contributed by atoms with Crippen molar-refractivity contribution in [2.75, 3.05) is 0 Å². The third-order valence-electron chi connectivity index (χ3n) is 4.07. The van der Waals surface area contributed by atoms with Crippen molar-refractivity contribution in [3.8, 4) is 6.07 Å². The Balaban J connectivity index is 2.30. The second-order valence-electron chi connectivity index (χ2n) is 7.58. The summed E-state index contributed by atoms with van der Waals surface area (Å²) in [6.45, 7) is 9.46. The molecule has 1 aromatic heterocycles. The molecule has 1 N–H and O–H groups in total. The van der Waals surface area contributed by atoms with Gasteiger partial charge in [0.25, 0.3) is 5.91 Å². The maximum atomic E-state index is 13.0. The molecule has 0 aliphatic carbocycles. The molecule has 6 nitrogen and oxygen atoms in total. The van der Waals surface area contributed by atoms with Gasteiger partial charge in [0.1, 0.15) is 5.56 Å². The molecule has 2 aromatic rings. The monoisotopic (exact) mass is 353 g/mol. The van der Waals surface area contributed by atoms with E-state index in [9.17, 15) is 9.59 Å². The number of nitrogens with zero attached hydrogens (tertiary/aromatic N) is 2. The van der Waals surface area contributed by atoms with E-state index < -0.39 is 17.4 Å². The SMILES string of the molecule is CC(C)c1oncc1C(=O)NC(C(=O)c1ccc(C#N)cc1)C(C)(C)C.